The fraction of sp³-hybridized carbons (Fsp3) is 0.217. The molecule has 0 fully saturated rings. The average Bonchev–Trinajstić information content (AvgIpc) is 2.79. The van der Waals surface area contributed by atoms with Crippen molar-refractivity contribution in [3.05, 3.63) is 65.0 Å². The van der Waals surface area contributed by atoms with Gasteiger partial charge in [-0.15, -0.1) is 0 Å². The Hall–Kier alpha value is -4.03. The average molecular weight is 502 g/mol. The molecule has 3 N–H and O–H groups in total. The molecule has 184 valence electrons. The number of carbonyl (C=O) groups is 3. The van der Waals surface area contributed by atoms with Gasteiger partial charge in [-0.05, 0) is 29.7 Å². The van der Waals surface area contributed by atoms with Crippen LogP contribution in [0.1, 0.15) is 13.3 Å². The number of pyridine rings is 1. The smallest absolute Gasteiger partial charge is 0.305 e. The second kappa shape index (κ2) is 10.9. The summed E-state index contributed by atoms with van der Waals surface area (Å²) in [5.41, 5.74) is 0.662. The van der Waals surface area contributed by atoms with E-state index in [0.29, 0.717) is 5.52 Å². The van der Waals surface area contributed by atoms with Crippen molar-refractivity contribution in [2.24, 2.45) is 0 Å². The number of hydrogen-bond donors (Lipinski definition) is 3. The van der Waals surface area contributed by atoms with E-state index in [1.807, 2.05) is 16.9 Å². The number of carboxylic acid groups (broad SMARTS) is 1. The second-order valence-electron chi connectivity index (χ2n) is 7.53. The van der Waals surface area contributed by atoms with Crippen LogP contribution in [0.3, 0.4) is 0 Å². The van der Waals surface area contributed by atoms with Gasteiger partial charge in [-0.1, -0.05) is 18.2 Å². The Morgan fingerprint density at radius 3 is 2.57 bits per heavy atom. The third-order valence-corrected chi connectivity index (χ3v) is 6.42. The Bertz CT molecular complexity index is 1430. The van der Waals surface area contributed by atoms with E-state index in [9.17, 15) is 27.6 Å². The quantitative estimate of drug-likeness (QED) is 0.332. The molecule has 0 spiro atoms. The van der Waals surface area contributed by atoms with Crippen molar-refractivity contribution in [3.63, 3.8) is 0 Å². The van der Waals surface area contributed by atoms with Crippen LogP contribution in [0.2, 0.25) is 0 Å². The van der Waals surface area contributed by atoms with Gasteiger partial charge in [-0.3, -0.25) is 14.4 Å². The predicted molar refractivity (Wildman–Crippen MR) is 127 cm³/mol. The topological polar surface area (TPSA) is 161 Å². The lowest BCUT2D eigenvalue weighted by molar-refractivity contribution is -0.138. The first-order chi connectivity index (χ1) is 16.6. The van der Waals surface area contributed by atoms with Crippen LogP contribution in [0, 0.1) is 0 Å². The summed E-state index contributed by atoms with van der Waals surface area (Å²) in [6, 6.07) is 12.6. The number of para-hydroxylation sites is 1. The third-order valence-electron chi connectivity index (χ3n) is 4.89. The van der Waals surface area contributed by atoms with Gasteiger partial charge in [0.15, 0.2) is 0 Å². The van der Waals surface area contributed by atoms with Crippen LogP contribution in [0.15, 0.2) is 64.3 Å². The van der Waals surface area contributed by atoms with E-state index in [2.05, 4.69) is 5.32 Å². The molecule has 0 bridgehead atoms. The van der Waals surface area contributed by atoms with Gasteiger partial charge in [-0.2, -0.15) is 0 Å². The zero-order valence-electron chi connectivity index (χ0n) is 18.6. The van der Waals surface area contributed by atoms with Crippen molar-refractivity contribution in [3.8, 4) is 5.75 Å². The Morgan fingerprint density at radius 2 is 1.89 bits per heavy atom. The summed E-state index contributed by atoms with van der Waals surface area (Å²) in [6.45, 7) is 1.26. The number of ether oxygens (including phenoxy) is 1. The Kier molecular flexibility index (Phi) is 7.99. The Balaban J connectivity index is 1.90. The van der Waals surface area contributed by atoms with Gasteiger partial charge in [0.05, 0.1) is 24.5 Å². The monoisotopic (exact) mass is 501 g/mol. The number of aromatic nitrogens is 1. The molecule has 0 aliphatic heterocycles. The maximum atomic E-state index is 12.9. The molecule has 1 heterocycles. The van der Waals surface area contributed by atoms with Crippen LogP contribution < -0.4 is 20.3 Å². The molecule has 1 amide bonds. The van der Waals surface area contributed by atoms with Gasteiger partial charge < -0.3 is 24.5 Å². The SMILES string of the molecule is CC(=O)Nc1ccc(S(=O)(=O)NC(C=O)CC(=O)O)c(OCCn2c(=O)ccc3ccccc32)c1. The van der Waals surface area contributed by atoms with Crippen molar-refractivity contribution in [1.82, 2.24) is 9.29 Å². The summed E-state index contributed by atoms with van der Waals surface area (Å²) in [4.78, 5) is 45.6. The number of carbonyl (C=O) groups excluding carboxylic acids is 2. The number of carboxylic acids is 1. The molecule has 1 aromatic heterocycles. The molecular weight excluding hydrogens is 478 g/mol. The normalized spacial score (nSPS) is 12.1. The molecule has 0 radical (unpaired) electrons. The van der Waals surface area contributed by atoms with E-state index in [1.54, 1.807) is 18.2 Å². The number of rotatable bonds is 11. The maximum Gasteiger partial charge on any atom is 0.305 e. The third kappa shape index (κ3) is 6.52. The molecule has 2 aromatic carbocycles. The van der Waals surface area contributed by atoms with Crippen LogP contribution >= 0.6 is 0 Å². The predicted octanol–water partition coefficient (Wildman–Crippen LogP) is 1.36. The number of nitrogens with one attached hydrogen (secondary N) is 2. The van der Waals surface area contributed by atoms with Gasteiger partial charge in [0, 0.05) is 24.7 Å². The Morgan fingerprint density at radius 1 is 1.14 bits per heavy atom. The molecule has 11 nitrogen and oxygen atoms in total. The largest absolute Gasteiger partial charge is 0.490 e. The van der Waals surface area contributed by atoms with Crippen molar-refractivity contribution < 1.29 is 32.6 Å². The van der Waals surface area contributed by atoms with Crippen molar-refractivity contribution in [2.45, 2.75) is 30.8 Å². The highest BCUT2D eigenvalue weighted by Gasteiger charge is 2.25. The second-order valence-corrected chi connectivity index (χ2v) is 9.22. The minimum absolute atomic E-state index is 0.0907. The summed E-state index contributed by atoms with van der Waals surface area (Å²) in [7, 11) is -4.38. The number of anilines is 1. The standard InChI is InChI=1S/C23H23N3O8S/c1-15(28)24-17-7-8-21(35(32,33)25-18(14-27)13-23(30)31)20(12-17)34-11-10-26-19-5-3-2-4-16(19)6-9-22(26)29/h2-9,12,14,18,25H,10-11,13H2,1H3,(H,24,28)(H,30,31). The summed E-state index contributed by atoms with van der Waals surface area (Å²) in [5.74, 6) is -1.91. The van der Waals surface area contributed by atoms with Gasteiger partial charge in [0.25, 0.3) is 5.56 Å². The van der Waals surface area contributed by atoms with E-state index in [0.717, 1.165) is 11.5 Å². The summed E-state index contributed by atoms with van der Waals surface area (Å²) < 4.78 is 35.1. The van der Waals surface area contributed by atoms with E-state index in [1.165, 1.54) is 29.7 Å². The molecule has 12 heteroatoms. The van der Waals surface area contributed by atoms with Gasteiger partial charge in [0.1, 0.15) is 23.5 Å². The molecule has 0 aliphatic rings. The maximum absolute atomic E-state index is 12.9. The van der Waals surface area contributed by atoms with Crippen LogP contribution in [0.25, 0.3) is 10.9 Å². The number of nitrogens with zero attached hydrogens (tertiary/aromatic N) is 1. The molecule has 1 atom stereocenters. The summed E-state index contributed by atoms with van der Waals surface area (Å²) in [6.07, 6.45) is -0.558. The number of fused-ring (bicyclic) bond motifs is 1. The zero-order valence-corrected chi connectivity index (χ0v) is 19.4. The number of aldehydes is 1. The van der Waals surface area contributed by atoms with Crippen LogP contribution in [0.4, 0.5) is 5.69 Å². The highest BCUT2D eigenvalue weighted by atomic mass is 32.2. The molecule has 3 aromatic rings. The minimum Gasteiger partial charge on any atom is -0.490 e. The highest BCUT2D eigenvalue weighted by molar-refractivity contribution is 7.89. The van der Waals surface area contributed by atoms with E-state index < -0.39 is 34.4 Å². The first-order valence-electron chi connectivity index (χ1n) is 10.4. The van der Waals surface area contributed by atoms with E-state index in [4.69, 9.17) is 9.84 Å². The molecular formula is C23H23N3O8S. The lowest BCUT2D eigenvalue weighted by Gasteiger charge is -2.17. The van der Waals surface area contributed by atoms with Crippen LogP contribution in [0.5, 0.6) is 5.75 Å². The number of benzene rings is 2. The van der Waals surface area contributed by atoms with Crippen molar-refractivity contribution in [2.75, 3.05) is 11.9 Å². The molecule has 3 rings (SSSR count). The lowest BCUT2D eigenvalue weighted by Crippen LogP contribution is -2.37. The van der Waals surface area contributed by atoms with Gasteiger partial charge >= 0.3 is 5.97 Å². The Labute approximate surface area is 200 Å². The number of sulfonamides is 1. The first-order valence-corrected chi connectivity index (χ1v) is 11.9. The van der Waals surface area contributed by atoms with Crippen LogP contribution in [-0.4, -0.2) is 48.9 Å². The molecule has 35 heavy (non-hydrogen) atoms. The van der Waals surface area contributed by atoms with Crippen LogP contribution in [-0.2, 0) is 31.0 Å². The van der Waals surface area contributed by atoms with E-state index >= 15 is 0 Å². The number of hydrogen-bond acceptors (Lipinski definition) is 7. The molecule has 0 saturated carbocycles. The fourth-order valence-corrected chi connectivity index (χ4v) is 4.71. The first kappa shape index (κ1) is 25.6. The number of amides is 1. The molecule has 0 saturated heterocycles. The molecule has 1 unspecified atom stereocenters. The summed E-state index contributed by atoms with van der Waals surface area (Å²) >= 11 is 0. The lowest BCUT2D eigenvalue weighted by atomic mass is 10.2. The van der Waals surface area contributed by atoms with Crippen molar-refractivity contribution in [1.29, 1.82) is 0 Å². The molecule has 0 aliphatic carbocycles. The van der Waals surface area contributed by atoms with Crippen molar-refractivity contribution >= 4 is 44.8 Å². The fourth-order valence-electron chi connectivity index (χ4n) is 3.41. The van der Waals surface area contributed by atoms with E-state index in [-0.39, 0.29) is 41.3 Å². The zero-order chi connectivity index (χ0) is 25.6. The van der Waals surface area contributed by atoms with Gasteiger partial charge in [-0.25, -0.2) is 13.1 Å². The summed E-state index contributed by atoms with van der Waals surface area (Å²) in [5, 5.41) is 12.3. The van der Waals surface area contributed by atoms with Gasteiger partial charge in [0.2, 0.25) is 15.9 Å². The minimum atomic E-state index is -4.38. The number of aliphatic carboxylic acids is 1. The highest BCUT2D eigenvalue weighted by Crippen LogP contribution is 2.28.